The zero-order valence-electron chi connectivity index (χ0n) is 13.9. The largest absolute Gasteiger partial charge is 0.486 e. The van der Waals surface area contributed by atoms with Crippen LogP contribution in [0.5, 0.6) is 11.5 Å². The van der Waals surface area contributed by atoms with Gasteiger partial charge in [0, 0.05) is 18.0 Å². The van der Waals surface area contributed by atoms with Crippen LogP contribution >= 0.6 is 24.0 Å². The standard InChI is InChI=1S/C18H13N3O4S2/c22-16(12-3-5-19-6-4-12)20-21-17(23)15(27-18(21)26)10-11-1-2-13-14(9-11)25-8-7-24-13/h1-6,9-10H,7-8H2,(H,20,22). The first-order chi connectivity index (χ1) is 13.1. The fraction of sp³-hybridized carbons (Fsp3) is 0.111. The van der Waals surface area contributed by atoms with Crippen LogP contribution in [0.15, 0.2) is 47.6 Å². The summed E-state index contributed by atoms with van der Waals surface area (Å²) in [4.78, 5) is 29.2. The van der Waals surface area contributed by atoms with Gasteiger partial charge in [-0.15, -0.1) is 0 Å². The Morgan fingerprint density at radius 1 is 1.19 bits per heavy atom. The molecule has 0 spiro atoms. The van der Waals surface area contributed by atoms with Gasteiger partial charge in [-0.1, -0.05) is 17.8 Å². The van der Waals surface area contributed by atoms with Crippen molar-refractivity contribution in [3.63, 3.8) is 0 Å². The number of fused-ring (bicyclic) bond motifs is 1. The minimum atomic E-state index is -0.436. The highest BCUT2D eigenvalue weighted by Gasteiger charge is 2.33. The summed E-state index contributed by atoms with van der Waals surface area (Å²) in [5.74, 6) is 0.489. The molecule has 136 valence electrons. The van der Waals surface area contributed by atoms with E-state index in [0.29, 0.717) is 35.2 Å². The van der Waals surface area contributed by atoms with E-state index in [9.17, 15) is 9.59 Å². The van der Waals surface area contributed by atoms with E-state index in [0.717, 1.165) is 22.3 Å². The predicted molar refractivity (Wildman–Crippen MR) is 104 cm³/mol. The number of benzene rings is 1. The van der Waals surface area contributed by atoms with Crippen molar-refractivity contribution in [1.82, 2.24) is 15.4 Å². The van der Waals surface area contributed by atoms with Crippen LogP contribution in [0.1, 0.15) is 15.9 Å². The van der Waals surface area contributed by atoms with Crippen molar-refractivity contribution in [3.8, 4) is 11.5 Å². The Balaban J connectivity index is 1.52. The zero-order valence-corrected chi connectivity index (χ0v) is 15.5. The van der Waals surface area contributed by atoms with Gasteiger partial charge in [-0.05, 0) is 48.1 Å². The Hall–Kier alpha value is -2.91. The number of thioether (sulfide) groups is 1. The number of ether oxygens (including phenoxy) is 2. The number of carbonyl (C=O) groups is 2. The number of aromatic nitrogens is 1. The molecule has 1 aromatic heterocycles. The van der Waals surface area contributed by atoms with Crippen LogP contribution in [-0.4, -0.2) is 39.3 Å². The number of amides is 2. The molecule has 3 heterocycles. The third-order valence-electron chi connectivity index (χ3n) is 3.81. The smallest absolute Gasteiger partial charge is 0.285 e. The maximum atomic E-state index is 12.6. The molecule has 1 aromatic carbocycles. The van der Waals surface area contributed by atoms with Crippen molar-refractivity contribution in [2.45, 2.75) is 0 Å². The molecule has 0 aliphatic carbocycles. The molecule has 7 nitrogen and oxygen atoms in total. The first-order valence-electron chi connectivity index (χ1n) is 8.00. The molecule has 1 N–H and O–H groups in total. The van der Waals surface area contributed by atoms with Gasteiger partial charge in [0.1, 0.15) is 13.2 Å². The lowest BCUT2D eigenvalue weighted by molar-refractivity contribution is -0.123. The van der Waals surface area contributed by atoms with Crippen molar-refractivity contribution in [2.75, 3.05) is 13.2 Å². The van der Waals surface area contributed by atoms with Gasteiger partial charge in [0.2, 0.25) is 0 Å². The molecule has 0 radical (unpaired) electrons. The monoisotopic (exact) mass is 399 g/mol. The van der Waals surface area contributed by atoms with E-state index in [-0.39, 0.29) is 10.2 Å². The second kappa shape index (κ2) is 7.37. The summed E-state index contributed by atoms with van der Waals surface area (Å²) in [5, 5.41) is 1.08. The van der Waals surface area contributed by atoms with Crippen molar-refractivity contribution < 1.29 is 19.1 Å². The maximum absolute atomic E-state index is 12.6. The van der Waals surface area contributed by atoms with E-state index in [2.05, 4.69) is 10.4 Å². The fourth-order valence-corrected chi connectivity index (χ4v) is 3.71. The number of hydrazine groups is 1. The number of nitrogens with zero attached hydrogens (tertiary/aromatic N) is 2. The Morgan fingerprint density at radius 2 is 1.93 bits per heavy atom. The molecule has 2 amide bonds. The number of hydrogen-bond donors (Lipinski definition) is 1. The molecule has 0 atom stereocenters. The Labute approximate surface area is 164 Å². The quantitative estimate of drug-likeness (QED) is 0.627. The Bertz CT molecular complexity index is 962. The van der Waals surface area contributed by atoms with Crippen LogP contribution in [0.2, 0.25) is 0 Å². The van der Waals surface area contributed by atoms with E-state index in [1.54, 1.807) is 30.3 Å². The summed E-state index contributed by atoms with van der Waals surface area (Å²) in [6.07, 6.45) is 4.71. The Kier molecular flexibility index (Phi) is 4.78. The van der Waals surface area contributed by atoms with Crippen LogP contribution in [-0.2, 0) is 4.79 Å². The molecule has 0 bridgehead atoms. The molecule has 27 heavy (non-hydrogen) atoms. The zero-order chi connectivity index (χ0) is 18.8. The molecule has 1 fully saturated rings. The first-order valence-corrected chi connectivity index (χ1v) is 9.23. The molecular formula is C18H13N3O4S2. The summed E-state index contributed by atoms with van der Waals surface area (Å²) in [7, 11) is 0. The molecule has 9 heteroatoms. The van der Waals surface area contributed by atoms with E-state index >= 15 is 0 Å². The third-order valence-corrected chi connectivity index (χ3v) is 5.12. The highest BCUT2D eigenvalue weighted by molar-refractivity contribution is 8.26. The molecule has 2 aromatic rings. The fourth-order valence-electron chi connectivity index (χ4n) is 2.53. The first kappa shape index (κ1) is 17.5. The van der Waals surface area contributed by atoms with E-state index in [1.165, 1.54) is 12.4 Å². The van der Waals surface area contributed by atoms with Crippen molar-refractivity contribution in [1.29, 1.82) is 0 Å². The number of thiocarbonyl (C=S) groups is 1. The highest BCUT2D eigenvalue weighted by Crippen LogP contribution is 2.35. The van der Waals surface area contributed by atoms with Crippen molar-refractivity contribution in [2.24, 2.45) is 0 Å². The normalized spacial score (nSPS) is 17.3. The summed E-state index contributed by atoms with van der Waals surface area (Å²) in [6, 6.07) is 8.54. The second-order valence-electron chi connectivity index (χ2n) is 5.60. The van der Waals surface area contributed by atoms with Gasteiger partial charge >= 0.3 is 0 Å². The van der Waals surface area contributed by atoms with Crippen LogP contribution < -0.4 is 14.9 Å². The van der Waals surface area contributed by atoms with Gasteiger partial charge in [-0.3, -0.25) is 20.0 Å². The summed E-state index contributed by atoms with van der Waals surface area (Å²) in [5.41, 5.74) is 3.69. The lowest BCUT2D eigenvalue weighted by Gasteiger charge is -2.18. The summed E-state index contributed by atoms with van der Waals surface area (Å²) < 4.78 is 11.3. The van der Waals surface area contributed by atoms with E-state index < -0.39 is 5.91 Å². The van der Waals surface area contributed by atoms with Crippen LogP contribution in [0.3, 0.4) is 0 Å². The van der Waals surface area contributed by atoms with E-state index in [1.807, 2.05) is 6.07 Å². The number of carbonyl (C=O) groups excluding carboxylic acids is 2. The van der Waals surface area contributed by atoms with Gasteiger partial charge in [0.05, 0.1) is 4.91 Å². The topological polar surface area (TPSA) is 80.8 Å². The van der Waals surface area contributed by atoms with Crippen LogP contribution in [0.25, 0.3) is 6.08 Å². The van der Waals surface area contributed by atoms with Gasteiger partial charge in [-0.2, -0.15) is 5.01 Å². The van der Waals surface area contributed by atoms with Gasteiger partial charge in [0.25, 0.3) is 11.8 Å². The predicted octanol–water partition coefficient (Wildman–Crippen LogP) is 2.40. The number of rotatable bonds is 3. The number of pyridine rings is 1. The van der Waals surface area contributed by atoms with Crippen LogP contribution in [0.4, 0.5) is 0 Å². The molecule has 0 unspecified atom stereocenters. The van der Waals surface area contributed by atoms with Crippen molar-refractivity contribution >= 4 is 46.2 Å². The lowest BCUT2D eigenvalue weighted by atomic mass is 10.2. The SMILES string of the molecule is O=C(NN1C(=O)C(=Cc2ccc3c(c2)OCCO3)SC1=S)c1ccncc1. The molecule has 0 saturated carbocycles. The van der Waals surface area contributed by atoms with Crippen LogP contribution in [0, 0.1) is 0 Å². The molecule has 2 aliphatic heterocycles. The van der Waals surface area contributed by atoms with Gasteiger partial charge in [-0.25, -0.2) is 0 Å². The number of nitrogens with one attached hydrogen (secondary N) is 1. The minimum absolute atomic E-state index is 0.256. The Morgan fingerprint density at radius 3 is 2.70 bits per heavy atom. The lowest BCUT2D eigenvalue weighted by Crippen LogP contribution is -2.44. The third kappa shape index (κ3) is 3.64. The minimum Gasteiger partial charge on any atom is -0.486 e. The van der Waals surface area contributed by atoms with E-state index in [4.69, 9.17) is 21.7 Å². The molecule has 4 rings (SSSR count). The highest BCUT2D eigenvalue weighted by atomic mass is 32.2. The number of hydrogen-bond acceptors (Lipinski definition) is 7. The second-order valence-corrected chi connectivity index (χ2v) is 7.27. The average molecular weight is 399 g/mol. The van der Waals surface area contributed by atoms with Crippen molar-refractivity contribution in [3.05, 3.63) is 58.8 Å². The summed E-state index contributed by atoms with van der Waals surface area (Å²) >= 11 is 6.35. The molecule has 2 aliphatic rings. The van der Waals surface area contributed by atoms with Gasteiger partial charge < -0.3 is 9.47 Å². The maximum Gasteiger partial charge on any atom is 0.285 e. The molecular weight excluding hydrogens is 386 g/mol. The average Bonchev–Trinajstić information content (AvgIpc) is 2.96. The molecule has 1 saturated heterocycles. The van der Waals surface area contributed by atoms with Gasteiger partial charge in [0.15, 0.2) is 15.8 Å². The summed E-state index contributed by atoms with van der Waals surface area (Å²) in [6.45, 7) is 1.00.